The van der Waals surface area contributed by atoms with Crippen LogP contribution in [0.25, 0.3) is 0 Å². The largest absolute Gasteiger partial charge is 0.465 e. The number of aliphatic hydroxyl groups is 1. The predicted octanol–water partition coefficient (Wildman–Crippen LogP) is 4.67. The SMILES string of the molecule is CCCCOC(=O)C/C(C)=C/[C@@H](O)[C@@H]1O[C@H]2CC/C(Cl)=C/C/C=C(/C)[C@@H](OC(C)=O)CC(=O)O[C@H]1C2. The average Bonchev–Trinajstić information content (AvgIpc) is 3.18. The number of aliphatic hydroxyl groups excluding tert-OH is 1. The lowest BCUT2D eigenvalue weighted by Crippen LogP contribution is -2.37. The number of esters is 3. The van der Waals surface area contributed by atoms with E-state index in [9.17, 15) is 19.5 Å². The van der Waals surface area contributed by atoms with Crippen LogP contribution < -0.4 is 0 Å². The molecule has 2 rings (SSSR count). The van der Waals surface area contributed by atoms with Crippen molar-refractivity contribution in [2.24, 2.45) is 0 Å². The summed E-state index contributed by atoms with van der Waals surface area (Å²) in [5.74, 6) is -1.41. The number of rotatable bonds is 8. The third-order valence-electron chi connectivity index (χ3n) is 6.12. The van der Waals surface area contributed by atoms with Crippen LogP contribution in [0.3, 0.4) is 0 Å². The molecule has 2 aliphatic rings. The number of carbonyl (C=O) groups excluding carboxylic acids is 3. The molecule has 0 radical (unpaired) electrons. The number of allylic oxidation sites excluding steroid dienone is 3. The highest BCUT2D eigenvalue weighted by Gasteiger charge is 2.41. The van der Waals surface area contributed by atoms with Crippen LogP contribution in [0.4, 0.5) is 0 Å². The van der Waals surface area contributed by atoms with E-state index in [0.717, 1.165) is 18.4 Å². The van der Waals surface area contributed by atoms with Gasteiger partial charge in [0, 0.05) is 18.4 Å². The van der Waals surface area contributed by atoms with Crippen LogP contribution in [0.5, 0.6) is 0 Å². The molecule has 0 unspecified atom stereocenters. The molecule has 202 valence electrons. The molecule has 9 heteroatoms. The molecule has 5 atom stereocenters. The number of hydrogen-bond donors (Lipinski definition) is 1. The van der Waals surface area contributed by atoms with E-state index in [2.05, 4.69) is 0 Å². The zero-order chi connectivity index (χ0) is 26.7. The van der Waals surface area contributed by atoms with Crippen molar-refractivity contribution in [1.29, 1.82) is 0 Å². The normalized spacial score (nSPS) is 29.6. The Morgan fingerprint density at radius 3 is 2.75 bits per heavy atom. The van der Waals surface area contributed by atoms with Gasteiger partial charge < -0.3 is 24.1 Å². The van der Waals surface area contributed by atoms with Gasteiger partial charge in [-0.3, -0.25) is 14.4 Å². The zero-order valence-electron chi connectivity index (χ0n) is 21.7. The summed E-state index contributed by atoms with van der Waals surface area (Å²) >= 11 is 6.38. The first-order valence-corrected chi connectivity index (χ1v) is 13.0. The molecular weight excluding hydrogens is 488 g/mol. The Morgan fingerprint density at radius 1 is 1.31 bits per heavy atom. The molecule has 8 nitrogen and oxygen atoms in total. The second kappa shape index (κ2) is 15.2. The van der Waals surface area contributed by atoms with Gasteiger partial charge in [0.2, 0.25) is 0 Å². The summed E-state index contributed by atoms with van der Waals surface area (Å²) in [6, 6.07) is 0. The van der Waals surface area contributed by atoms with Gasteiger partial charge in [-0.05, 0) is 45.1 Å². The Kier molecular flexibility index (Phi) is 12.7. The standard InChI is InChI=1S/C27H39ClO8/c1-5-6-12-33-25(31)14-17(2)13-22(30)27-24-15-21(35-27)11-10-20(28)9-7-8-18(3)23(34-19(4)29)16-26(32)36-24/h8-9,13,21-24,27,30H,5-7,10-12,14-16H2,1-4H3/b17-13+,18-8-,20-9-/t21-,22+,23-,24-,27-/m0/s1. The van der Waals surface area contributed by atoms with Crippen molar-refractivity contribution < 1.29 is 38.4 Å². The van der Waals surface area contributed by atoms with Crippen molar-refractivity contribution in [1.82, 2.24) is 0 Å². The van der Waals surface area contributed by atoms with Gasteiger partial charge in [-0.15, -0.1) is 0 Å². The molecular formula is C27H39ClO8. The minimum atomic E-state index is -1.09. The van der Waals surface area contributed by atoms with E-state index in [4.69, 9.17) is 30.5 Å². The highest BCUT2D eigenvalue weighted by Crippen LogP contribution is 2.31. The molecule has 2 heterocycles. The molecule has 1 saturated heterocycles. The Bertz CT molecular complexity index is 862. The molecule has 2 aliphatic heterocycles. The Morgan fingerprint density at radius 2 is 2.06 bits per heavy atom. The van der Waals surface area contributed by atoms with Gasteiger partial charge in [-0.2, -0.15) is 0 Å². The first-order valence-electron chi connectivity index (χ1n) is 12.6. The summed E-state index contributed by atoms with van der Waals surface area (Å²) in [6.45, 7) is 7.19. The van der Waals surface area contributed by atoms with E-state index in [0.29, 0.717) is 42.9 Å². The first-order chi connectivity index (χ1) is 17.1. The Hall–Kier alpha value is -2.16. The summed E-state index contributed by atoms with van der Waals surface area (Å²) in [6.07, 6.45) is 5.43. The number of unbranched alkanes of at least 4 members (excludes halogenated alkanes) is 1. The van der Waals surface area contributed by atoms with Crippen molar-refractivity contribution in [3.05, 3.63) is 34.4 Å². The predicted molar refractivity (Wildman–Crippen MR) is 135 cm³/mol. The third kappa shape index (κ3) is 10.4. The van der Waals surface area contributed by atoms with Crippen LogP contribution in [-0.4, -0.2) is 60.1 Å². The highest BCUT2D eigenvalue weighted by atomic mass is 35.5. The monoisotopic (exact) mass is 526 g/mol. The molecule has 0 amide bonds. The minimum Gasteiger partial charge on any atom is -0.465 e. The molecule has 0 aromatic rings. The fourth-order valence-electron chi connectivity index (χ4n) is 4.18. The van der Waals surface area contributed by atoms with Crippen LogP contribution in [0, 0.1) is 0 Å². The van der Waals surface area contributed by atoms with E-state index >= 15 is 0 Å². The summed E-state index contributed by atoms with van der Waals surface area (Å²) in [5, 5.41) is 11.6. The molecule has 1 fully saturated rings. The topological polar surface area (TPSA) is 108 Å². The van der Waals surface area contributed by atoms with E-state index in [1.165, 1.54) is 6.92 Å². The number of halogens is 1. The zero-order valence-corrected chi connectivity index (χ0v) is 22.4. The molecule has 36 heavy (non-hydrogen) atoms. The minimum absolute atomic E-state index is 0.0530. The average molecular weight is 527 g/mol. The van der Waals surface area contributed by atoms with Crippen LogP contribution in [-0.2, 0) is 33.3 Å². The third-order valence-corrected chi connectivity index (χ3v) is 6.47. The van der Waals surface area contributed by atoms with Gasteiger partial charge in [0.15, 0.2) is 0 Å². The van der Waals surface area contributed by atoms with Crippen molar-refractivity contribution in [2.75, 3.05) is 6.61 Å². The van der Waals surface area contributed by atoms with Crippen LogP contribution in [0.2, 0.25) is 0 Å². The number of ether oxygens (including phenoxy) is 4. The Balaban J connectivity index is 2.16. The molecule has 0 aromatic heterocycles. The van der Waals surface area contributed by atoms with Gasteiger partial charge in [-0.1, -0.05) is 48.7 Å². The van der Waals surface area contributed by atoms with Gasteiger partial charge in [0.1, 0.15) is 24.4 Å². The number of carbonyl (C=O) groups is 3. The van der Waals surface area contributed by atoms with Crippen molar-refractivity contribution in [3.63, 3.8) is 0 Å². The molecule has 0 aromatic carbocycles. The van der Waals surface area contributed by atoms with E-state index < -0.39 is 36.4 Å². The maximum absolute atomic E-state index is 12.8. The van der Waals surface area contributed by atoms with Crippen molar-refractivity contribution in [3.8, 4) is 0 Å². The molecule has 0 saturated carbocycles. The fraction of sp³-hybridized carbons (Fsp3) is 0.667. The summed E-state index contributed by atoms with van der Waals surface area (Å²) in [4.78, 5) is 36.4. The van der Waals surface area contributed by atoms with E-state index in [1.807, 2.05) is 19.1 Å². The lowest BCUT2D eigenvalue weighted by molar-refractivity contribution is -0.159. The van der Waals surface area contributed by atoms with Crippen molar-refractivity contribution in [2.45, 2.75) is 110 Å². The lowest BCUT2D eigenvalue weighted by Gasteiger charge is -2.24. The van der Waals surface area contributed by atoms with Crippen molar-refractivity contribution >= 4 is 29.5 Å². The lowest BCUT2D eigenvalue weighted by atomic mass is 10.0. The highest BCUT2D eigenvalue weighted by molar-refractivity contribution is 6.29. The second-order valence-electron chi connectivity index (χ2n) is 9.42. The molecule has 0 spiro atoms. The Labute approximate surface area is 218 Å². The van der Waals surface area contributed by atoms with Crippen LogP contribution in [0.1, 0.15) is 79.1 Å². The van der Waals surface area contributed by atoms with Gasteiger partial charge in [-0.25, -0.2) is 0 Å². The molecule has 0 aliphatic carbocycles. The quantitative estimate of drug-likeness (QED) is 0.210. The van der Waals surface area contributed by atoms with E-state index in [1.54, 1.807) is 19.9 Å². The number of hydrogen-bond acceptors (Lipinski definition) is 8. The molecule has 1 N–H and O–H groups in total. The smallest absolute Gasteiger partial charge is 0.310 e. The maximum atomic E-state index is 12.8. The second-order valence-corrected chi connectivity index (χ2v) is 9.90. The van der Waals surface area contributed by atoms with Gasteiger partial charge >= 0.3 is 17.9 Å². The number of fused-ring (bicyclic) bond motifs is 2. The first kappa shape index (κ1) is 30.1. The van der Waals surface area contributed by atoms with Crippen LogP contribution >= 0.6 is 11.6 Å². The van der Waals surface area contributed by atoms with Crippen LogP contribution in [0.15, 0.2) is 34.4 Å². The van der Waals surface area contributed by atoms with E-state index in [-0.39, 0.29) is 24.9 Å². The summed E-state index contributed by atoms with van der Waals surface area (Å²) in [5.41, 5.74) is 1.36. The summed E-state index contributed by atoms with van der Waals surface area (Å²) in [7, 11) is 0. The van der Waals surface area contributed by atoms with Gasteiger partial charge in [0.05, 0.1) is 25.6 Å². The maximum Gasteiger partial charge on any atom is 0.310 e. The summed E-state index contributed by atoms with van der Waals surface area (Å²) < 4.78 is 22.3. The van der Waals surface area contributed by atoms with Gasteiger partial charge in [0.25, 0.3) is 0 Å². The molecule has 2 bridgehead atoms. The fourth-order valence-corrected chi connectivity index (χ4v) is 4.38.